The SMILES string of the molecule is Cc1ccc(C)c(N2C(=O)C(c3ccc(C)c(C)c3)=C(N3CCCC3)C2=O)c1. The molecular weight excluding hydrogens is 348 g/mol. The molecule has 2 aliphatic heterocycles. The zero-order chi connectivity index (χ0) is 20.0. The minimum Gasteiger partial charge on any atom is -0.366 e. The van der Waals surface area contributed by atoms with Crippen LogP contribution in [0.2, 0.25) is 0 Å². The maximum atomic E-state index is 13.6. The summed E-state index contributed by atoms with van der Waals surface area (Å²) in [6.07, 6.45) is 2.10. The van der Waals surface area contributed by atoms with E-state index in [2.05, 4.69) is 11.8 Å². The Morgan fingerprint density at radius 3 is 2.11 bits per heavy atom. The second-order valence-electron chi connectivity index (χ2n) is 7.95. The number of imide groups is 1. The molecule has 0 N–H and O–H groups in total. The van der Waals surface area contributed by atoms with Gasteiger partial charge in [-0.15, -0.1) is 0 Å². The Morgan fingerprint density at radius 2 is 1.43 bits per heavy atom. The predicted molar refractivity (Wildman–Crippen MR) is 112 cm³/mol. The van der Waals surface area contributed by atoms with E-state index in [1.807, 2.05) is 57.2 Å². The van der Waals surface area contributed by atoms with Gasteiger partial charge in [-0.1, -0.05) is 30.3 Å². The van der Waals surface area contributed by atoms with Gasteiger partial charge in [0.1, 0.15) is 5.70 Å². The van der Waals surface area contributed by atoms with Gasteiger partial charge >= 0.3 is 0 Å². The van der Waals surface area contributed by atoms with Crippen LogP contribution in [0.15, 0.2) is 42.1 Å². The van der Waals surface area contributed by atoms with Gasteiger partial charge in [0.2, 0.25) is 0 Å². The second-order valence-corrected chi connectivity index (χ2v) is 7.95. The highest BCUT2D eigenvalue weighted by Gasteiger charge is 2.43. The van der Waals surface area contributed by atoms with E-state index in [0.29, 0.717) is 17.0 Å². The highest BCUT2D eigenvalue weighted by Crippen LogP contribution is 2.37. The van der Waals surface area contributed by atoms with Crippen molar-refractivity contribution in [1.29, 1.82) is 0 Å². The first kappa shape index (κ1) is 18.5. The quantitative estimate of drug-likeness (QED) is 0.752. The van der Waals surface area contributed by atoms with Gasteiger partial charge in [-0.3, -0.25) is 9.59 Å². The number of aryl methyl sites for hydroxylation is 4. The fraction of sp³-hybridized carbons (Fsp3) is 0.333. The number of nitrogens with zero attached hydrogens (tertiary/aromatic N) is 2. The largest absolute Gasteiger partial charge is 0.366 e. The molecule has 144 valence electrons. The molecule has 0 aliphatic carbocycles. The van der Waals surface area contributed by atoms with Gasteiger partial charge in [-0.25, -0.2) is 4.90 Å². The molecule has 0 spiro atoms. The lowest BCUT2D eigenvalue weighted by molar-refractivity contribution is -0.120. The Hall–Kier alpha value is -2.88. The first-order chi connectivity index (χ1) is 13.4. The normalized spacial score (nSPS) is 17.3. The number of likely N-dealkylation sites (tertiary alicyclic amines) is 1. The van der Waals surface area contributed by atoms with Crippen molar-refractivity contribution in [2.24, 2.45) is 0 Å². The fourth-order valence-corrected chi connectivity index (χ4v) is 4.09. The van der Waals surface area contributed by atoms with Crippen molar-refractivity contribution in [3.8, 4) is 0 Å². The van der Waals surface area contributed by atoms with Crippen LogP contribution in [0.1, 0.15) is 40.7 Å². The fourth-order valence-electron chi connectivity index (χ4n) is 4.09. The smallest absolute Gasteiger partial charge is 0.282 e. The van der Waals surface area contributed by atoms with Gasteiger partial charge in [0.05, 0.1) is 11.3 Å². The van der Waals surface area contributed by atoms with E-state index in [1.54, 1.807) is 0 Å². The van der Waals surface area contributed by atoms with Crippen LogP contribution in [0.5, 0.6) is 0 Å². The molecule has 4 heteroatoms. The molecule has 2 aliphatic rings. The molecule has 2 amide bonds. The van der Waals surface area contributed by atoms with Crippen molar-refractivity contribution in [2.45, 2.75) is 40.5 Å². The zero-order valence-corrected chi connectivity index (χ0v) is 17.0. The number of hydrogen-bond donors (Lipinski definition) is 0. The van der Waals surface area contributed by atoms with Gasteiger partial charge in [0.15, 0.2) is 0 Å². The van der Waals surface area contributed by atoms with Crippen LogP contribution < -0.4 is 4.90 Å². The molecule has 28 heavy (non-hydrogen) atoms. The summed E-state index contributed by atoms with van der Waals surface area (Å²) in [5, 5.41) is 0. The average Bonchev–Trinajstić information content (AvgIpc) is 3.26. The van der Waals surface area contributed by atoms with Gasteiger partial charge in [0.25, 0.3) is 11.8 Å². The number of benzene rings is 2. The Bertz CT molecular complexity index is 1010. The lowest BCUT2D eigenvalue weighted by Gasteiger charge is -2.21. The van der Waals surface area contributed by atoms with Crippen LogP contribution in [0, 0.1) is 27.7 Å². The monoisotopic (exact) mass is 374 g/mol. The second kappa shape index (κ2) is 6.93. The van der Waals surface area contributed by atoms with E-state index in [0.717, 1.165) is 48.2 Å². The lowest BCUT2D eigenvalue weighted by atomic mass is 9.99. The highest BCUT2D eigenvalue weighted by molar-refractivity contribution is 6.45. The van der Waals surface area contributed by atoms with E-state index in [1.165, 1.54) is 10.5 Å². The summed E-state index contributed by atoms with van der Waals surface area (Å²) >= 11 is 0. The summed E-state index contributed by atoms with van der Waals surface area (Å²) in [4.78, 5) is 30.5. The number of hydrogen-bond acceptors (Lipinski definition) is 3. The van der Waals surface area contributed by atoms with Gasteiger partial charge in [0, 0.05) is 13.1 Å². The molecule has 0 saturated carbocycles. The summed E-state index contributed by atoms with van der Waals surface area (Å²) in [6, 6.07) is 11.9. The first-order valence-electron chi connectivity index (χ1n) is 9.91. The van der Waals surface area contributed by atoms with E-state index < -0.39 is 0 Å². The summed E-state index contributed by atoms with van der Waals surface area (Å²) in [5.74, 6) is -0.419. The minimum absolute atomic E-state index is 0.200. The lowest BCUT2D eigenvalue weighted by Crippen LogP contribution is -2.35. The third kappa shape index (κ3) is 2.93. The van der Waals surface area contributed by atoms with Crippen molar-refractivity contribution in [3.63, 3.8) is 0 Å². The summed E-state index contributed by atoms with van der Waals surface area (Å²) in [5.41, 5.74) is 6.87. The van der Waals surface area contributed by atoms with Gasteiger partial charge < -0.3 is 4.90 Å². The van der Waals surface area contributed by atoms with E-state index in [-0.39, 0.29) is 11.8 Å². The Labute approximate surface area is 166 Å². The number of rotatable bonds is 3. The molecule has 0 atom stereocenters. The van der Waals surface area contributed by atoms with Crippen molar-refractivity contribution in [3.05, 3.63) is 69.9 Å². The molecular formula is C24H26N2O2. The number of carbonyl (C=O) groups is 2. The molecule has 0 aromatic heterocycles. The Balaban J connectivity index is 1.88. The molecule has 2 aromatic rings. The van der Waals surface area contributed by atoms with Crippen molar-refractivity contribution >= 4 is 23.1 Å². The molecule has 2 heterocycles. The molecule has 4 nitrogen and oxygen atoms in total. The van der Waals surface area contributed by atoms with Crippen LogP contribution in [0.3, 0.4) is 0 Å². The van der Waals surface area contributed by atoms with Crippen LogP contribution in [0.4, 0.5) is 5.69 Å². The molecule has 1 fully saturated rings. The topological polar surface area (TPSA) is 40.6 Å². The molecule has 2 aromatic carbocycles. The van der Waals surface area contributed by atoms with E-state index in [9.17, 15) is 9.59 Å². The van der Waals surface area contributed by atoms with Crippen LogP contribution >= 0.6 is 0 Å². The van der Waals surface area contributed by atoms with E-state index >= 15 is 0 Å². The van der Waals surface area contributed by atoms with E-state index in [4.69, 9.17) is 0 Å². The van der Waals surface area contributed by atoms with Crippen LogP contribution in [-0.4, -0.2) is 29.8 Å². The summed E-state index contributed by atoms with van der Waals surface area (Å²) < 4.78 is 0. The van der Waals surface area contributed by atoms with Crippen LogP contribution in [0.25, 0.3) is 5.57 Å². The molecule has 0 bridgehead atoms. The van der Waals surface area contributed by atoms with Gasteiger partial charge in [-0.05, 0) is 74.4 Å². The first-order valence-corrected chi connectivity index (χ1v) is 9.91. The highest BCUT2D eigenvalue weighted by atomic mass is 16.2. The summed E-state index contributed by atoms with van der Waals surface area (Å²) in [7, 11) is 0. The third-order valence-electron chi connectivity index (χ3n) is 5.88. The molecule has 1 saturated heterocycles. The van der Waals surface area contributed by atoms with Crippen molar-refractivity contribution < 1.29 is 9.59 Å². The molecule has 4 rings (SSSR count). The Morgan fingerprint density at radius 1 is 0.750 bits per heavy atom. The standard InChI is InChI=1S/C24H26N2O2/c1-15-7-8-17(3)20(13-15)26-23(27)21(19-10-9-16(2)18(4)14-19)22(24(26)28)25-11-5-6-12-25/h7-10,13-14H,5-6,11-12H2,1-4H3. The number of anilines is 1. The minimum atomic E-state index is -0.219. The average molecular weight is 374 g/mol. The maximum absolute atomic E-state index is 13.6. The predicted octanol–water partition coefficient (Wildman–Crippen LogP) is 4.30. The zero-order valence-electron chi connectivity index (χ0n) is 17.0. The molecule has 0 unspecified atom stereocenters. The maximum Gasteiger partial charge on any atom is 0.282 e. The number of carbonyl (C=O) groups excluding carboxylic acids is 2. The molecule has 0 radical (unpaired) electrons. The van der Waals surface area contributed by atoms with Crippen LogP contribution in [-0.2, 0) is 9.59 Å². The van der Waals surface area contributed by atoms with Crippen molar-refractivity contribution in [1.82, 2.24) is 4.90 Å². The number of amides is 2. The third-order valence-corrected chi connectivity index (χ3v) is 5.88. The van der Waals surface area contributed by atoms with Crippen molar-refractivity contribution in [2.75, 3.05) is 18.0 Å². The summed E-state index contributed by atoms with van der Waals surface area (Å²) in [6.45, 7) is 9.66. The van der Waals surface area contributed by atoms with Gasteiger partial charge in [-0.2, -0.15) is 0 Å². The Kier molecular flexibility index (Phi) is 4.58.